The third kappa shape index (κ3) is 580. The molecule has 0 aromatic carbocycles. The molecule has 6 heavy (non-hydrogen) atoms. The van der Waals surface area contributed by atoms with Gasteiger partial charge in [0.25, 0.3) is 0 Å². The second-order valence-electron chi connectivity index (χ2n) is 0.250. The van der Waals surface area contributed by atoms with Crippen LogP contribution in [0.5, 0.6) is 0 Å². The molecule has 0 radical (unpaired) electrons. The van der Waals surface area contributed by atoms with Crippen molar-refractivity contribution in [2.45, 2.75) is 0 Å². The average molecular weight is 316 g/mol. The monoisotopic (exact) mass is 316 g/mol. The van der Waals surface area contributed by atoms with Crippen molar-refractivity contribution in [1.82, 2.24) is 6.15 Å². The Balaban J connectivity index is -0.0000000450. The molecule has 0 fully saturated rings. The summed E-state index contributed by atoms with van der Waals surface area (Å²) >= 11 is 0. The van der Waals surface area contributed by atoms with Gasteiger partial charge in [0.15, 0.2) is 0 Å². The summed E-state index contributed by atoms with van der Waals surface area (Å²) in [5, 5.41) is 16.7. The van der Waals surface area contributed by atoms with E-state index in [1.165, 1.54) is 0 Å². The first kappa shape index (κ1) is 16.3. The van der Waals surface area contributed by atoms with Crippen LogP contribution in [0, 0.1) is 31.1 Å². The molecule has 0 rings (SSSR count). The van der Waals surface area contributed by atoms with Crippen LogP contribution in [0.15, 0.2) is 0 Å². The standard InChI is InChI=1S/CH2O3.H3N.U/c2-1(3)4;;/h(H2,2,3,4);1H3;/p-1. The van der Waals surface area contributed by atoms with E-state index in [0.717, 1.165) is 0 Å². The Morgan fingerprint density at radius 1 is 1.33 bits per heavy atom. The van der Waals surface area contributed by atoms with Gasteiger partial charge >= 0.3 is 0 Å². The van der Waals surface area contributed by atoms with Gasteiger partial charge in [-0.05, 0) is 6.16 Å². The van der Waals surface area contributed by atoms with Crippen LogP contribution in [0.3, 0.4) is 0 Å². The second kappa shape index (κ2) is 8.99. The summed E-state index contributed by atoms with van der Waals surface area (Å²) in [6.07, 6.45) is -2.33. The van der Waals surface area contributed by atoms with Crippen LogP contribution in [-0.2, 0) is 0 Å². The van der Waals surface area contributed by atoms with Crippen molar-refractivity contribution in [3.05, 3.63) is 0 Å². The van der Waals surface area contributed by atoms with Crippen LogP contribution in [0.2, 0.25) is 0 Å². The quantitative estimate of drug-likeness (QED) is 0.555. The van der Waals surface area contributed by atoms with E-state index < -0.39 is 6.16 Å². The van der Waals surface area contributed by atoms with Gasteiger partial charge in [0.1, 0.15) is 0 Å². The molecule has 0 aromatic heterocycles. The molecule has 0 aromatic rings. The minimum atomic E-state index is -2.33. The van der Waals surface area contributed by atoms with Crippen molar-refractivity contribution in [3.8, 4) is 0 Å². The Morgan fingerprint density at radius 2 is 1.33 bits per heavy atom. The fourth-order valence-electron chi connectivity index (χ4n) is 0. The zero-order valence-electron chi connectivity index (χ0n) is 3.22. The second-order valence-corrected chi connectivity index (χ2v) is 0.250. The molecule has 0 aliphatic heterocycles. The molecule has 0 aliphatic rings. The average Bonchev–Trinajstić information content (AvgIpc) is 0.811. The Labute approximate surface area is 58.5 Å². The number of rotatable bonds is 0. The van der Waals surface area contributed by atoms with Gasteiger partial charge in [-0.3, -0.25) is 0 Å². The van der Waals surface area contributed by atoms with Crippen molar-refractivity contribution in [3.63, 3.8) is 0 Å². The molecule has 0 heterocycles. The maximum absolute atomic E-state index is 8.33. The predicted molar refractivity (Wildman–Crippen MR) is 11.4 cm³/mol. The summed E-state index contributed by atoms with van der Waals surface area (Å²) in [5.74, 6) is 0. The third-order valence-corrected chi connectivity index (χ3v) is 0. The van der Waals surface area contributed by atoms with Gasteiger partial charge in [-0.25, -0.2) is 0 Å². The summed E-state index contributed by atoms with van der Waals surface area (Å²) in [5.41, 5.74) is 0. The zero-order valence-corrected chi connectivity index (χ0v) is 7.39. The van der Waals surface area contributed by atoms with Gasteiger partial charge in [0.05, 0.1) is 0 Å². The summed E-state index contributed by atoms with van der Waals surface area (Å²) in [7, 11) is 0. The first-order valence-corrected chi connectivity index (χ1v) is 0.612. The third-order valence-electron chi connectivity index (χ3n) is 0. The number of hydrogen-bond acceptors (Lipinski definition) is 3. The van der Waals surface area contributed by atoms with Crippen LogP contribution >= 0.6 is 0 Å². The van der Waals surface area contributed by atoms with E-state index in [-0.39, 0.29) is 37.3 Å². The molecule has 0 bridgehead atoms. The normalized spacial score (nSPS) is 4.00. The fourth-order valence-corrected chi connectivity index (χ4v) is 0. The largest absolute Gasteiger partial charge is 0.652 e. The van der Waals surface area contributed by atoms with Crippen molar-refractivity contribution in [2.24, 2.45) is 0 Å². The first-order chi connectivity index (χ1) is 1.73. The van der Waals surface area contributed by atoms with Gasteiger partial charge in [0.2, 0.25) is 0 Å². The van der Waals surface area contributed by atoms with Crippen molar-refractivity contribution < 1.29 is 46.1 Å². The van der Waals surface area contributed by atoms with Crippen LogP contribution < -0.4 is 16.4 Å². The molecule has 0 atom stereocenters. The first-order valence-electron chi connectivity index (χ1n) is 0.612. The van der Waals surface area contributed by atoms with Gasteiger partial charge in [-0.15, -0.1) is 0 Å². The maximum Gasteiger partial charge on any atom is 0 e. The van der Waals surface area contributed by atoms with Crippen LogP contribution in [-0.4, -0.2) is 6.16 Å². The van der Waals surface area contributed by atoms with Crippen LogP contribution in [0.1, 0.15) is 0 Å². The molecular weight excluding hydrogens is 312 g/mol. The summed E-state index contributed by atoms with van der Waals surface area (Å²) < 4.78 is 0. The Hall–Kier alpha value is 0.282. The SMILES string of the molecule is O=C([O-])[O-].[NH4+].[U]. The van der Waals surface area contributed by atoms with Gasteiger partial charge in [-0.2, -0.15) is 0 Å². The molecule has 0 aliphatic carbocycles. The van der Waals surface area contributed by atoms with Crippen molar-refractivity contribution >= 4 is 6.16 Å². The molecule has 4 nitrogen and oxygen atoms in total. The Kier molecular flexibility index (Phi) is 24.4. The summed E-state index contributed by atoms with van der Waals surface area (Å²) in [6.45, 7) is 0. The number of carbonyl (C=O) groups excluding carboxylic acids is 1. The van der Waals surface area contributed by atoms with Crippen LogP contribution in [0.25, 0.3) is 0 Å². The molecule has 0 spiro atoms. The molecule has 5 heteroatoms. The van der Waals surface area contributed by atoms with Gasteiger partial charge < -0.3 is 21.2 Å². The minimum absolute atomic E-state index is 0. The van der Waals surface area contributed by atoms with E-state index in [2.05, 4.69) is 0 Å². The van der Waals surface area contributed by atoms with E-state index in [1.807, 2.05) is 0 Å². The van der Waals surface area contributed by atoms with E-state index in [1.54, 1.807) is 0 Å². The minimum Gasteiger partial charge on any atom is -0.652 e. The Morgan fingerprint density at radius 3 is 1.33 bits per heavy atom. The van der Waals surface area contributed by atoms with Crippen molar-refractivity contribution in [1.29, 1.82) is 0 Å². The zero-order chi connectivity index (χ0) is 3.58. The van der Waals surface area contributed by atoms with E-state index in [4.69, 9.17) is 15.0 Å². The number of carbonyl (C=O) groups is 1. The number of carboxylic acid groups (broad SMARTS) is 2. The molecule has 0 saturated carbocycles. The predicted octanol–water partition coefficient (Wildman–Crippen LogP) is -2.07. The van der Waals surface area contributed by atoms with E-state index in [0.29, 0.717) is 0 Å². The molecular formula is CH4NO3U-. The smallest absolute Gasteiger partial charge is 0 e. The van der Waals surface area contributed by atoms with Crippen molar-refractivity contribution in [2.75, 3.05) is 0 Å². The summed E-state index contributed by atoms with van der Waals surface area (Å²) in [4.78, 5) is 8.33. The molecule has 0 unspecified atom stereocenters. The number of hydrogen-bond donors (Lipinski definition) is 1. The van der Waals surface area contributed by atoms with Crippen LogP contribution in [0.4, 0.5) is 4.79 Å². The van der Waals surface area contributed by atoms with E-state index >= 15 is 0 Å². The molecule has 0 saturated heterocycles. The van der Waals surface area contributed by atoms with E-state index in [9.17, 15) is 0 Å². The number of quaternary nitrogens is 1. The maximum atomic E-state index is 8.33. The van der Waals surface area contributed by atoms with Gasteiger partial charge in [0, 0.05) is 31.1 Å². The topological polar surface area (TPSA) is 99.7 Å². The van der Waals surface area contributed by atoms with Gasteiger partial charge in [-0.1, -0.05) is 0 Å². The fraction of sp³-hybridized carbons (Fsp3) is 0. The molecule has 0 amide bonds. The summed E-state index contributed by atoms with van der Waals surface area (Å²) in [6, 6.07) is 0. The molecule has 36 valence electrons. The Bertz CT molecular complexity index is 33.8. The molecule has 4 N–H and O–H groups in total.